The largest absolute Gasteiger partial charge is 1.00 e. The van der Waals surface area contributed by atoms with E-state index < -0.39 is 244 Å². The molecule has 1 radical (unpaired) electrons. The van der Waals surface area contributed by atoms with Crippen LogP contribution in [0.5, 0.6) is 0 Å². The van der Waals surface area contributed by atoms with Gasteiger partial charge in [-0.15, -0.1) is 0 Å². The predicted octanol–water partition coefficient (Wildman–Crippen LogP) is 9.43. The van der Waals surface area contributed by atoms with Gasteiger partial charge >= 0.3 is 18.9 Å². The molecule has 3 aromatic heterocycles. The third-order valence-electron chi connectivity index (χ3n) is 10.7. The summed E-state index contributed by atoms with van der Waals surface area (Å²) in [6.45, 7) is 0. The summed E-state index contributed by atoms with van der Waals surface area (Å²) in [5.41, 5.74) is -23.6. The Morgan fingerprint density at radius 1 is 0.203 bits per heavy atom. The molecular weight excluding hydrogens is 1080 g/mol. The van der Waals surface area contributed by atoms with Gasteiger partial charge in [-0.3, -0.25) is 0 Å². The first kappa shape index (κ1) is 52.8. The zero-order valence-electron chi connectivity index (χ0n) is 34.0. The molecule has 9 rings (SSSR count). The zero-order valence-corrected chi connectivity index (χ0v) is 34.0. The minimum atomic E-state index is -4.29. The maximum absolute atomic E-state index is 16.4. The van der Waals surface area contributed by atoms with Crippen molar-refractivity contribution in [2.24, 2.45) is 0 Å². The summed E-state index contributed by atoms with van der Waals surface area (Å²) < 4.78 is 409. The first-order chi connectivity index (χ1) is 34.0. The molecule has 0 aliphatic rings. The van der Waals surface area contributed by atoms with E-state index in [2.05, 4.69) is 15.3 Å². The molecule has 0 aliphatic carbocycles. The van der Waals surface area contributed by atoms with Crippen molar-refractivity contribution in [1.82, 2.24) is 29.1 Å². The summed E-state index contributed by atoms with van der Waals surface area (Å²) in [6.07, 6.45) is 0. The molecule has 0 bridgehead atoms. The van der Waals surface area contributed by atoms with Crippen LogP contribution in [-0.4, -0.2) is 36.2 Å². The third-order valence-corrected chi connectivity index (χ3v) is 10.7. The molecule has 6 aromatic carbocycles. The van der Waals surface area contributed by atoms with Gasteiger partial charge in [-0.2, -0.15) is 0 Å². The maximum atomic E-state index is 16.4. The Bertz CT molecular complexity index is 3550. The number of halogens is 27. The fraction of sp³-hybridized carbons (Fsp3) is 0. The number of rotatable bonds is 6. The number of nitrogens with zero attached hydrogens (tertiary/aromatic N) is 6. The van der Waals surface area contributed by atoms with Crippen molar-refractivity contribution in [1.29, 1.82) is 0 Å². The molecule has 3 heterocycles. The van der Waals surface area contributed by atoms with Gasteiger partial charge in [-0.05, 0) is 0 Å². The van der Waals surface area contributed by atoms with Crippen molar-refractivity contribution in [2.45, 2.75) is 0 Å². The number of hydrogen-bond donors (Lipinski definition) is 0. The summed E-state index contributed by atoms with van der Waals surface area (Å²) in [5, 5.41) is 1.44. The first-order valence-corrected chi connectivity index (χ1v) is 18.3. The van der Waals surface area contributed by atoms with Crippen molar-refractivity contribution in [3.05, 3.63) is 157 Å². The Balaban J connectivity index is 0.00000729. The van der Waals surface area contributed by atoms with Gasteiger partial charge in [0.1, 0.15) is 17.1 Å². The minimum absolute atomic E-state index is 0. The van der Waals surface area contributed by atoms with Gasteiger partial charge in [-0.1, -0.05) is 0 Å². The van der Waals surface area contributed by atoms with E-state index in [1.165, 1.54) is 0 Å². The number of benzene rings is 6. The molecule has 0 aliphatic heterocycles. The molecule has 74 heavy (non-hydrogen) atoms. The van der Waals surface area contributed by atoms with Crippen LogP contribution in [-0.2, 0) is 0 Å². The molecule has 0 saturated heterocycles. The molecular formula is C39BF27LiN6. The van der Waals surface area contributed by atoms with Crippen LogP contribution in [0.1, 0.15) is 0 Å². The second-order valence-electron chi connectivity index (χ2n) is 14.5. The average Bonchev–Trinajstić information content (AvgIpc) is 4.07. The summed E-state index contributed by atoms with van der Waals surface area (Å²) in [5.74, 6) is -85.5. The van der Waals surface area contributed by atoms with E-state index in [1.54, 1.807) is 0 Å². The van der Waals surface area contributed by atoms with Gasteiger partial charge in [0.05, 0.1) is 49.4 Å². The molecule has 0 amide bonds. The van der Waals surface area contributed by atoms with E-state index in [-0.39, 0.29) is 18.9 Å². The van der Waals surface area contributed by atoms with Crippen LogP contribution in [0.15, 0.2) is 0 Å². The van der Waals surface area contributed by atoms with Gasteiger partial charge in [-0.25, -0.2) is 134 Å². The van der Waals surface area contributed by atoms with Crippen LogP contribution in [0.25, 0.3) is 66.5 Å². The Kier molecular flexibility index (Phi) is 12.5. The monoisotopic (exact) mass is 1080 g/mol. The standard InChI is InChI=1S/C39BF27N6.Li/c41-7-1(8(42)17(51)25(59)16(7)50)34-4-13(47)22(56)28(62)31(65)37(4)71(68-34)40(72-38-5(14(48)23(57)29(63)32(38)66)35(69-72)2-9(43)18(52)26(60)19(53)10(2)44)73-39-6(15(49)24(58)30(64)33(39)67)36(70-73)3-11(45)20(54)27(61)21(55)12(3)46;/q-1;+1. The Morgan fingerprint density at radius 3 is 0.541 bits per heavy atom. The van der Waals surface area contributed by atoms with Gasteiger partial charge in [0.15, 0.2) is 140 Å². The van der Waals surface area contributed by atoms with E-state index >= 15 is 79.0 Å². The number of fused-ring (bicyclic) bond motifs is 3. The van der Waals surface area contributed by atoms with Crippen molar-refractivity contribution in [2.75, 3.05) is 0 Å². The molecule has 0 fully saturated rings. The molecule has 0 saturated carbocycles. The van der Waals surface area contributed by atoms with Gasteiger partial charge < -0.3 is 13.8 Å². The van der Waals surface area contributed by atoms with E-state index in [0.29, 0.717) is 0 Å². The van der Waals surface area contributed by atoms with E-state index in [0.717, 1.165) is 0 Å². The Hall–Kier alpha value is -7.50. The summed E-state index contributed by atoms with van der Waals surface area (Å²) in [6, 6.07) is 0. The second kappa shape index (κ2) is 17.6. The SMILES string of the molecule is Fc1c(F)c(F)c(-c2nn([B-](n3nc(-c4c(F)c(F)c(F)c(F)c4F)c4c(F)c(F)c(F)c(F)c43)n3nc(-c4c(F)c(F)c(F)c(F)c4F)c4c(F)c(F)c(F)c(F)c43)c3c(F)c(F)c(F)c(F)c23)c(F)c1F.[Li+]. The zero-order chi connectivity index (χ0) is 53.9. The first-order valence-electron chi connectivity index (χ1n) is 18.3. The predicted molar refractivity (Wildman–Crippen MR) is 186 cm³/mol. The van der Waals surface area contributed by atoms with Crippen LogP contribution in [0, 0.1) is 157 Å². The number of hydrogen-bond acceptors (Lipinski definition) is 3. The smallest absolute Gasteiger partial charge is 0.415 e. The van der Waals surface area contributed by atoms with Crippen LogP contribution >= 0.6 is 0 Å². The van der Waals surface area contributed by atoms with E-state index in [1.807, 2.05) is 0 Å². The van der Waals surface area contributed by atoms with E-state index in [9.17, 15) is 39.5 Å². The molecule has 6 nitrogen and oxygen atoms in total. The van der Waals surface area contributed by atoms with Crippen LogP contribution in [0.4, 0.5) is 119 Å². The van der Waals surface area contributed by atoms with Crippen LogP contribution in [0.2, 0.25) is 0 Å². The van der Waals surface area contributed by atoms with Crippen molar-refractivity contribution < 1.29 is 137 Å². The Labute approximate surface area is 396 Å². The Morgan fingerprint density at radius 2 is 0.351 bits per heavy atom. The van der Waals surface area contributed by atoms with E-state index in [4.69, 9.17) is 0 Å². The molecule has 0 N–H and O–H groups in total. The maximum Gasteiger partial charge on any atom is 1.00 e. The van der Waals surface area contributed by atoms with Gasteiger partial charge in [0.2, 0.25) is 17.5 Å². The molecule has 9 aromatic rings. The second-order valence-corrected chi connectivity index (χ2v) is 14.5. The van der Waals surface area contributed by atoms with Crippen LogP contribution < -0.4 is 18.9 Å². The summed E-state index contributed by atoms with van der Waals surface area (Å²) in [4.78, 5) is 0. The average molecular weight is 1080 g/mol. The summed E-state index contributed by atoms with van der Waals surface area (Å²) >= 11 is 0. The molecule has 0 unspecified atom stereocenters. The normalized spacial score (nSPS) is 12.0. The van der Waals surface area contributed by atoms with Crippen molar-refractivity contribution in [3.63, 3.8) is 0 Å². The van der Waals surface area contributed by atoms with Crippen molar-refractivity contribution >= 4 is 39.8 Å². The number of aromatic nitrogens is 6. The van der Waals surface area contributed by atoms with Gasteiger partial charge in [0, 0.05) is 0 Å². The summed E-state index contributed by atoms with van der Waals surface area (Å²) in [7, 11) is -4.29. The van der Waals surface area contributed by atoms with Crippen LogP contribution in [0.3, 0.4) is 0 Å². The molecule has 379 valence electrons. The molecule has 0 spiro atoms. The van der Waals surface area contributed by atoms with Gasteiger partial charge in [0.25, 0.3) is 7.12 Å². The fourth-order valence-electron chi connectivity index (χ4n) is 7.55. The van der Waals surface area contributed by atoms with Crippen molar-refractivity contribution in [3.8, 4) is 33.8 Å². The molecule has 35 heteroatoms. The fourth-order valence-corrected chi connectivity index (χ4v) is 7.55. The quantitative estimate of drug-likeness (QED) is 0.0723. The molecule has 0 atom stereocenters. The minimum Gasteiger partial charge on any atom is -0.415 e. The third kappa shape index (κ3) is 6.74. The topological polar surface area (TPSA) is 53.5 Å².